The molecular formula is C24H27Cl2NO7. The van der Waals surface area contributed by atoms with Gasteiger partial charge in [0.15, 0.2) is 11.6 Å². The first kappa shape index (κ1) is 28.9. The average Bonchev–Trinajstić information content (AvgIpc) is 2.81. The van der Waals surface area contributed by atoms with Crippen molar-refractivity contribution in [3.63, 3.8) is 0 Å². The molecule has 0 heterocycles. The number of ketones is 2. The molecule has 0 saturated heterocycles. The minimum absolute atomic E-state index is 0.0260. The van der Waals surface area contributed by atoms with Gasteiger partial charge in [0.2, 0.25) is 5.91 Å². The summed E-state index contributed by atoms with van der Waals surface area (Å²) in [4.78, 5) is 45.5. The predicted molar refractivity (Wildman–Crippen MR) is 129 cm³/mol. The topological polar surface area (TPSA) is 119 Å². The summed E-state index contributed by atoms with van der Waals surface area (Å²) in [7, 11) is 2.78. The molecule has 0 aliphatic rings. The Bertz CT molecular complexity index is 1020. The number of ether oxygens (including phenoxy) is 2. The van der Waals surface area contributed by atoms with Crippen LogP contribution in [0.5, 0.6) is 11.5 Å². The van der Waals surface area contributed by atoms with Crippen molar-refractivity contribution in [2.24, 2.45) is 0 Å². The van der Waals surface area contributed by atoms with E-state index < -0.39 is 0 Å². The van der Waals surface area contributed by atoms with Gasteiger partial charge in [-0.2, -0.15) is 0 Å². The molecule has 2 aromatic carbocycles. The maximum atomic E-state index is 12.1. The fraction of sp³-hybridized carbons (Fsp3) is 0.333. The summed E-state index contributed by atoms with van der Waals surface area (Å²) >= 11 is 11.5. The van der Waals surface area contributed by atoms with E-state index in [1.54, 1.807) is 12.1 Å². The molecule has 0 bridgehead atoms. The van der Waals surface area contributed by atoms with Gasteiger partial charge in [0, 0.05) is 22.9 Å². The van der Waals surface area contributed by atoms with Crippen LogP contribution < -0.4 is 10.1 Å². The molecule has 1 amide bonds. The normalized spacial score (nSPS) is 9.91. The van der Waals surface area contributed by atoms with E-state index in [0.717, 1.165) is 0 Å². The van der Waals surface area contributed by atoms with E-state index in [1.165, 1.54) is 45.4 Å². The lowest BCUT2D eigenvalue weighted by Crippen LogP contribution is -2.29. The molecule has 0 unspecified atom stereocenters. The Kier molecular flexibility index (Phi) is 12.7. The van der Waals surface area contributed by atoms with Crippen LogP contribution in [-0.2, 0) is 14.3 Å². The summed E-state index contributed by atoms with van der Waals surface area (Å²) in [6.45, 7) is 1.25. The first-order valence-corrected chi connectivity index (χ1v) is 11.0. The summed E-state index contributed by atoms with van der Waals surface area (Å²) in [5.74, 6) is -0.635. The van der Waals surface area contributed by atoms with E-state index in [-0.39, 0.29) is 54.1 Å². The Morgan fingerprint density at radius 1 is 0.912 bits per heavy atom. The van der Waals surface area contributed by atoms with Gasteiger partial charge in [-0.15, -0.1) is 0 Å². The molecule has 2 aromatic rings. The van der Waals surface area contributed by atoms with Crippen molar-refractivity contribution in [3.05, 3.63) is 57.6 Å². The molecule has 0 saturated carbocycles. The summed E-state index contributed by atoms with van der Waals surface area (Å²) in [5.41, 5.74) is 0.587. The molecule has 2 rings (SSSR count). The second-order valence-corrected chi connectivity index (χ2v) is 7.92. The van der Waals surface area contributed by atoms with Crippen LogP contribution in [0.3, 0.4) is 0 Å². The summed E-state index contributed by atoms with van der Waals surface area (Å²) in [6, 6.07) is 9.11. The van der Waals surface area contributed by atoms with Gasteiger partial charge in [-0.05, 0) is 56.2 Å². The maximum absolute atomic E-state index is 12.1. The average molecular weight is 512 g/mol. The van der Waals surface area contributed by atoms with Crippen LogP contribution in [-0.4, -0.2) is 49.3 Å². The van der Waals surface area contributed by atoms with Gasteiger partial charge in [0.05, 0.1) is 31.9 Å². The second kappa shape index (κ2) is 14.9. The van der Waals surface area contributed by atoms with E-state index >= 15 is 0 Å². The highest BCUT2D eigenvalue weighted by Gasteiger charge is 2.14. The minimum atomic E-state index is -0.298. The number of rotatable bonds is 10. The Labute approximate surface area is 208 Å². The van der Waals surface area contributed by atoms with Gasteiger partial charge < -0.3 is 19.9 Å². The minimum Gasteiger partial charge on any atom is -0.507 e. The third-order valence-corrected chi connectivity index (χ3v) is 4.98. The standard InChI is InChI=1S/C16H20ClNO5.C8H7ClO2/c1-22-14-8-7-11(17)9-12(14)13(19)10-18-15(20)5-3-4-6-16(21)23-2;1-5(10)7-4-6(9)2-3-8(7)11/h7-9H,3-6,10H2,1-2H3,(H,18,20);2-4,11H,1H3. The molecule has 0 aromatic heterocycles. The number of phenolic OH excluding ortho intramolecular Hbond substituents is 1. The maximum Gasteiger partial charge on any atom is 0.305 e. The van der Waals surface area contributed by atoms with E-state index in [9.17, 15) is 19.2 Å². The number of Topliss-reactive ketones (excluding diaryl/α,β-unsaturated/α-hetero) is 2. The number of benzene rings is 2. The lowest BCUT2D eigenvalue weighted by molar-refractivity contribution is -0.140. The van der Waals surface area contributed by atoms with E-state index in [0.29, 0.717) is 34.2 Å². The fourth-order valence-electron chi connectivity index (χ4n) is 2.71. The van der Waals surface area contributed by atoms with E-state index in [2.05, 4.69) is 10.1 Å². The van der Waals surface area contributed by atoms with Gasteiger partial charge >= 0.3 is 5.97 Å². The molecule has 0 spiro atoms. The Morgan fingerprint density at radius 3 is 2.06 bits per heavy atom. The highest BCUT2D eigenvalue weighted by atomic mass is 35.5. The number of halogens is 2. The number of unbranched alkanes of at least 4 members (excludes halogenated alkanes) is 1. The zero-order valence-electron chi connectivity index (χ0n) is 19.2. The number of esters is 1. The van der Waals surface area contributed by atoms with Crippen LogP contribution in [0, 0.1) is 0 Å². The number of carbonyl (C=O) groups is 4. The van der Waals surface area contributed by atoms with Crippen LogP contribution in [0.25, 0.3) is 0 Å². The zero-order chi connectivity index (χ0) is 25.7. The molecule has 10 heteroatoms. The van der Waals surface area contributed by atoms with E-state index in [1.807, 2.05) is 0 Å². The number of phenols is 1. The Morgan fingerprint density at radius 2 is 1.50 bits per heavy atom. The van der Waals surface area contributed by atoms with Crippen LogP contribution >= 0.6 is 23.2 Å². The lowest BCUT2D eigenvalue weighted by Gasteiger charge is -2.09. The summed E-state index contributed by atoms with van der Waals surface area (Å²) in [6.07, 6.45) is 1.64. The molecule has 0 aliphatic carbocycles. The monoisotopic (exact) mass is 511 g/mol. The van der Waals surface area contributed by atoms with Crippen molar-refractivity contribution in [3.8, 4) is 11.5 Å². The van der Waals surface area contributed by atoms with Crippen molar-refractivity contribution in [1.29, 1.82) is 0 Å². The van der Waals surface area contributed by atoms with Crippen molar-refractivity contribution in [1.82, 2.24) is 5.32 Å². The van der Waals surface area contributed by atoms with Crippen molar-refractivity contribution in [2.45, 2.75) is 32.6 Å². The molecule has 184 valence electrons. The molecule has 8 nitrogen and oxygen atoms in total. The molecular weight excluding hydrogens is 485 g/mol. The van der Waals surface area contributed by atoms with E-state index in [4.69, 9.17) is 33.0 Å². The summed E-state index contributed by atoms with van der Waals surface area (Å²) < 4.78 is 9.61. The number of carbonyl (C=O) groups excluding carboxylic acids is 4. The third-order valence-electron chi connectivity index (χ3n) is 4.51. The number of methoxy groups -OCH3 is 2. The van der Waals surface area contributed by atoms with Gasteiger partial charge in [0.1, 0.15) is 11.5 Å². The Hall–Kier alpha value is -3.10. The summed E-state index contributed by atoms with van der Waals surface area (Å²) in [5, 5.41) is 12.5. The number of hydrogen-bond donors (Lipinski definition) is 2. The molecule has 2 N–H and O–H groups in total. The van der Waals surface area contributed by atoms with Crippen LogP contribution in [0.1, 0.15) is 53.3 Å². The Balaban J connectivity index is 0.000000437. The number of aromatic hydroxyl groups is 1. The SMILES string of the molecule is CC(=O)c1cc(Cl)ccc1O.COC(=O)CCCCC(=O)NCC(=O)c1cc(Cl)ccc1OC. The van der Waals surface area contributed by atoms with Crippen molar-refractivity contribution >= 4 is 46.6 Å². The highest BCUT2D eigenvalue weighted by molar-refractivity contribution is 6.31. The van der Waals surface area contributed by atoms with Gasteiger partial charge in [-0.3, -0.25) is 19.2 Å². The number of amides is 1. The fourth-order valence-corrected chi connectivity index (χ4v) is 3.05. The highest BCUT2D eigenvalue weighted by Crippen LogP contribution is 2.23. The molecule has 0 fully saturated rings. The first-order chi connectivity index (χ1) is 16.1. The number of nitrogens with one attached hydrogen (secondary N) is 1. The molecule has 0 atom stereocenters. The van der Waals surface area contributed by atoms with Crippen LogP contribution in [0.15, 0.2) is 36.4 Å². The zero-order valence-corrected chi connectivity index (χ0v) is 20.7. The van der Waals surface area contributed by atoms with Crippen molar-refractivity contribution < 1.29 is 33.8 Å². The third kappa shape index (κ3) is 10.2. The quantitative estimate of drug-likeness (QED) is 0.271. The predicted octanol–water partition coefficient (Wildman–Crippen LogP) is 4.63. The van der Waals surface area contributed by atoms with Gasteiger partial charge in [0.25, 0.3) is 0 Å². The van der Waals surface area contributed by atoms with Crippen molar-refractivity contribution in [2.75, 3.05) is 20.8 Å². The van der Waals surface area contributed by atoms with Crippen LogP contribution in [0.4, 0.5) is 0 Å². The smallest absolute Gasteiger partial charge is 0.305 e. The molecule has 34 heavy (non-hydrogen) atoms. The molecule has 0 radical (unpaired) electrons. The second-order valence-electron chi connectivity index (χ2n) is 7.05. The lowest BCUT2D eigenvalue weighted by atomic mass is 10.1. The van der Waals surface area contributed by atoms with Gasteiger partial charge in [-0.1, -0.05) is 23.2 Å². The first-order valence-electron chi connectivity index (χ1n) is 10.3. The largest absolute Gasteiger partial charge is 0.507 e. The molecule has 0 aliphatic heterocycles. The number of hydrogen-bond acceptors (Lipinski definition) is 7. The van der Waals surface area contributed by atoms with Crippen LogP contribution in [0.2, 0.25) is 10.0 Å². The van der Waals surface area contributed by atoms with Gasteiger partial charge in [-0.25, -0.2) is 0 Å².